The Morgan fingerprint density at radius 2 is 2.03 bits per heavy atom. The number of benzene rings is 2. The number of nitrogens with zero attached hydrogens (tertiary/aromatic N) is 3. The number of carbonyl (C=O) groups is 1. The summed E-state index contributed by atoms with van der Waals surface area (Å²) in [7, 11) is 3.26. The largest absolute Gasteiger partial charge is 0.493 e. The van der Waals surface area contributed by atoms with E-state index in [0.29, 0.717) is 29.5 Å². The molecule has 178 valence electrons. The quantitative estimate of drug-likeness (QED) is 0.416. The van der Waals surface area contributed by atoms with Crippen LogP contribution in [0.1, 0.15) is 5.56 Å². The number of pyridine rings is 1. The third-order valence-corrected chi connectivity index (χ3v) is 6.51. The molecule has 9 heteroatoms. The molecule has 1 amide bonds. The summed E-state index contributed by atoms with van der Waals surface area (Å²) in [6.45, 7) is 0.720. The van der Waals surface area contributed by atoms with E-state index >= 15 is 0 Å². The molecule has 35 heavy (non-hydrogen) atoms. The third-order valence-electron chi connectivity index (χ3n) is 5.65. The second kappa shape index (κ2) is 10.0. The van der Waals surface area contributed by atoms with E-state index in [1.54, 1.807) is 38.0 Å². The van der Waals surface area contributed by atoms with Crippen LogP contribution in [0.5, 0.6) is 17.2 Å². The molecule has 4 aromatic rings. The van der Waals surface area contributed by atoms with Gasteiger partial charge in [-0.1, -0.05) is 6.07 Å². The second-order valence-corrected chi connectivity index (χ2v) is 8.70. The highest BCUT2D eigenvalue weighted by atomic mass is 32.1. The van der Waals surface area contributed by atoms with Crippen molar-refractivity contribution in [3.05, 3.63) is 76.7 Å². The molecule has 3 heterocycles. The van der Waals surface area contributed by atoms with E-state index in [2.05, 4.69) is 20.2 Å². The highest BCUT2D eigenvalue weighted by Crippen LogP contribution is 2.33. The molecule has 2 aromatic carbocycles. The van der Waals surface area contributed by atoms with E-state index in [-0.39, 0.29) is 12.5 Å². The van der Waals surface area contributed by atoms with E-state index in [4.69, 9.17) is 19.2 Å². The predicted octanol–water partition coefficient (Wildman–Crippen LogP) is 4.43. The van der Waals surface area contributed by atoms with Crippen molar-refractivity contribution < 1.29 is 19.0 Å². The molecular weight excluding hydrogens is 464 g/mol. The van der Waals surface area contributed by atoms with Gasteiger partial charge in [0.2, 0.25) is 0 Å². The molecule has 0 radical (unpaired) electrons. The smallest absolute Gasteiger partial charge is 0.262 e. The summed E-state index contributed by atoms with van der Waals surface area (Å²) in [5.74, 6) is 1.91. The maximum Gasteiger partial charge on any atom is 0.262 e. The summed E-state index contributed by atoms with van der Waals surface area (Å²) >= 11 is 1.56. The van der Waals surface area contributed by atoms with E-state index in [9.17, 15) is 4.79 Å². The Bertz CT molecular complexity index is 1430. The number of aromatic nitrogens is 2. The third kappa shape index (κ3) is 4.90. The lowest BCUT2D eigenvalue weighted by Crippen LogP contribution is -2.25. The Labute approximate surface area is 206 Å². The SMILES string of the molecule is COc1ccc(CCn2c(-c3ccc4c(c3)NC(=O)CO4)csc2=Nc2cccnc2)cc1OC. The summed E-state index contributed by atoms with van der Waals surface area (Å²) in [6, 6.07) is 15.6. The summed E-state index contributed by atoms with van der Waals surface area (Å²) in [4.78, 5) is 21.7. The van der Waals surface area contributed by atoms with Crippen LogP contribution in [0.3, 0.4) is 0 Å². The Morgan fingerprint density at radius 1 is 1.14 bits per heavy atom. The number of hydrogen-bond acceptors (Lipinski definition) is 7. The van der Waals surface area contributed by atoms with E-state index in [0.717, 1.165) is 33.7 Å². The average Bonchev–Trinajstić information content (AvgIpc) is 3.29. The number of carbonyl (C=O) groups excluding carboxylic acids is 1. The average molecular weight is 489 g/mol. The second-order valence-electron chi connectivity index (χ2n) is 7.87. The number of nitrogens with one attached hydrogen (secondary N) is 1. The van der Waals surface area contributed by atoms with Gasteiger partial charge in [-0.25, -0.2) is 4.99 Å². The first kappa shape index (κ1) is 22.7. The van der Waals surface area contributed by atoms with Crippen LogP contribution in [0.25, 0.3) is 11.3 Å². The minimum absolute atomic E-state index is 0.0320. The van der Waals surface area contributed by atoms with Gasteiger partial charge in [0.25, 0.3) is 5.91 Å². The molecule has 0 saturated carbocycles. The number of fused-ring (bicyclic) bond motifs is 1. The molecule has 1 aliphatic heterocycles. The van der Waals surface area contributed by atoms with Gasteiger partial charge in [0.05, 0.1) is 37.5 Å². The molecule has 5 rings (SSSR count). The van der Waals surface area contributed by atoms with Crippen molar-refractivity contribution in [3.8, 4) is 28.5 Å². The van der Waals surface area contributed by atoms with Crippen LogP contribution in [-0.4, -0.2) is 36.3 Å². The number of aryl methyl sites for hydroxylation is 1. The highest BCUT2D eigenvalue weighted by Gasteiger charge is 2.18. The number of ether oxygens (including phenoxy) is 3. The Balaban J connectivity index is 1.53. The number of anilines is 1. The van der Waals surface area contributed by atoms with Crippen LogP contribution in [0.2, 0.25) is 0 Å². The summed E-state index contributed by atoms with van der Waals surface area (Å²) in [5.41, 5.74) is 4.53. The summed E-state index contributed by atoms with van der Waals surface area (Å²) in [6.07, 6.45) is 4.23. The number of hydrogen-bond donors (Lipinski definition) is 1. The maximum absolute atomic E-state index is 11.8. The lowest BCUT2D eigenvalue weighted by molar-refractivity contribution is -0.118. The van der Waals surface area contributed by atoms with Crippen LogP contribution in [0, 0.1) is 0 Å². The molecule has 0 aliphatic carbocycles. The molecule has 1 aliphatic rings. The molecule has 0 saturated heterocycles. The van der Waals surface area contributed by atoms with Crippen molar-refractivity contribution in [3.63, 3.8) is 0 Å². The fourth-order valence-corrected chi connectivity index (χ4v) is 4.87. The van der Waals surface area contributed by atoms with Crippen LogP contribution >= 0.6 is 11.3 Å². The van der Waals surface area contributed by atoms with Gasteiger partial charge < -0.3 is 24.1 Å². The zero-order chi connectivity index (χ0) is 24.2. The van der Waals surface area contributed by atoms with Crippen molar-refractivity contribution >= 4 is 28.6 Å². The van der Waals surface area contributed by atoms with Crippen LogP contribution < -0.4 is 24.3 Å². The number of rotatable bonds is 7. The van der Waals surface area contributed by atoms with Crippen molar-refractivity contribution in [2.45, 2.75) is 13.0 Å². The van der Waals surface area contributed by atoms with Crippen molar-refractivity contribution in [2.75, 3.05) is 26.1 Å². The van der Waals surface area contributed by atoms with Gasteiger partial charge >= 0.3 is 0 Å². The number of methoxy groups -OCH3 is 2. The molecule has 0 atom stereocenters. The molecule has 1 N–H and O–H groups in total. The highest BCUT2D eigenvalue weighted by molar-refractivity contribution is 7.07. The van der Waals surface area contributed by atoms with Gasteiger partial charge in [-0.05, 0) is 54.4 Å². The number of thiazole rings is 1. The molecule has 0 fully saturated rings. The van der Waals surface area contributed by atoms with Crippen molar-refractivity contribution in [1.82, 2.24) is 9.55 Å². The minimum atomic E-state index is -0.159. The zero-order valence-corrected chi connectivity index (χ0v) is 20.2. The van der Waals surface area contributed by atoms with Gasteiger partial charge in [0, 0.05) is 23.7 Å². The van der Waals surface area contributed by atoms with Gasteiger partial charge in [-0.3, -0.25) is 9.78 Å². The zero-order valence-electron chi connectivity index (χ0n) is 19.4. The molecule has 0 spiro atoms. The minimum Gasteiger partial charge on any atom is -0.493 e. The first-order valence-electron chi connectivity index (χ1n) is 11.1. The van der Waals surface area contributed by atoms with Crippen molar-refractivity contribution in [1.29, 1.82) is 0 Å². The standard InChI is InChI=1S/C26H24N4O4S/c1-32-23-7-5-17(12-24(23)33-2)9-11-30-21(16-35-26(30)28-19-4-3-10-27-14-19)18-6-8-22-20(13-18)29-25(31)15-34-22/h3-8,10,12-14,16H,9,11,15H2,1-2H3,(H,29,31). The van der Waals surface area contributed by atoms with Crippen molar-refractivity contribution in [2.24, 2.45) is 4.99 Å². The Morgan fingerprint density at radius 3 is 2.83 bits per heavy atom. The first-order chi connectivity index (χ1) is 17.1. The Kier molecular flexibility index (Phi) is 6.49. The van der Waals surface area contributed by atoms with Crippen LogP contribution in [0.15, 0.2) is 71.3 Å². The first-order valence-corrected chi connectivity index (χ1v) is 11.9. The van der Waals surface area contributed by atoms with Crippen LogP contribution in [0.4, 0.5) is 11.4 Å². The van der Waals surface area contributed by atoms with E-state index < -0.39 is 0 Å². The molecule has 0 unspecified atom stereocenters. The Hall–Kier alpha value is -4.11. The molecular formula is C26H24N4O4S. The maximum atomic E-state index is 11.8. The fraction of sp³-hybridized carbons (Fsp3) is 0.192. The monoisotopic (exact) mass is 488 g/mol. The van der Waals surface area contributed by atoms with E-state index in [1.807, 2.05) is 48.5 Å². The molecule has 8 nitrogen and oxygen atoms in total. The lowest BCUT2D eigenvalue weighted by atomic mass is 10.1. The van der Waals surface area contributed by atoms with Crippen LogP contribution in [-0.2, 0) is 17.8 Å². The van der Waals surface area contributed by atoms with Gasteiger partial charge in [-0.15, -0.1) is 11.3 Å². The predicted molar refractivity (Wildman–Crippen MR) is 135 cm³/mol. The van der Waals surface area contributed by atoms with Gasteiger partial charge in [0.1, 0.15) is 5.75 Å². The topological polar surface area (TPSA) is 87.0 Å². The van der Waals surface area contributed by atoms with E-state index in [1.165, 1.54) is 0 Å². The summed E-state index contributed by atoms with van der Waals surface area (Å²) < 4.78 is 18.5. The molecule has 0 bridgehead atoms. The fourth-order valence-electron chi connectivity index (χ4n) is 3.92. The lowest BCUT2D eigenvalue weighted by Gasteiger charge is -2.19. The van der Waals surface area contributed by atoms with Gasteiger partial charge in [0.15, 0.2) is 22.9 Å². The molecule has 2 aromatic heterocycles. The number of amides is 1. The normalized spacial score (nSPS) is 13.1. The van der Waals surface area contributed by atoms with Gasteiger partial charge in [-0.2, -0.15) is 0 Å². The summed E-state index contributed by atoms with van der Waals surface area (Å²) in [5, 5.41) is 4.97.